The summed E-state index contributed by atoms with van der Waals surface area (Å²) in [7, 11) is 0. The molecule has 172 valence electrons. The predicted molar refractivity (Wildman–Crippen MR) is 140 cm³/mol. The molecule has 0 unspecified atom stereocenters. The van der Waals surface area contributed by atoms with Crippen molar-refractivity contribution in [2.75, 3.05) is 26.2 Å². The zero-order valence-corrected chi connectivity index (χ0v) is 21.9. The number of nitrogens with one attached hydrogen (secondary N) is 2. The summed E-state index contributed by atoms with van der Waals surface area (Å²) < 4.78 is 2.10. The van der Waals surface area contributed by atoms with E-state index in [-0.39, 0.29) is 24.0 Å². The van der Waals surface area contributed by atoms with Crippen LogP contribution in [-0.4, -0.2) is 52.9 Å². The molecular weight excluding hydrogens is 499 g/mol. The third-order valence-corrected chi connectivity index (χ3v) is 5.91. The van der Waals surface area contributed by atoms with Crippen molar-refractivity contribution in [3.8, 4) is 0 Å². The topological polar surface area (TPSA) is 57.5 Å². The molecule has 1 aromatic heterocycles. The summed E-state index contributed by atoms with van der Waals surface area (Å²) in [5.41, 5.74) is 4.75. The Bertz CT molecular complexity index is 809. The van der Waals surface area contributed by atoms with Gasteiger partial charge in [-0.1, -0.05) is 37.3 Å². The summed E-state index contributed by atoms with van der Waals surface area (Å²) in [6.45, 7) is 14.5. The first-order chi connectivity index (χ1) is 14.6. The zero-order chi connectivity index (χ0) is 21.3. The quantitative estimate of drug-likeness (QED) is 0.302. The minimum absolute atomic E-state index is 0. The van der Waals surface area contributed by atoms with E-state index in [1.54, 1.807) is 0 Å². The highest BCUT2D eigenvalue weighted by atomic mass is 127. The SMILES string of the molecule is CCCN1CCC(NC(=NCc2c(C)nn(Cc3ccccc3)c2C)NCC)CC1.I. The van der Waals surface area contributed by atoms with Gasteiger partial charge in [-0.2, -0.15) is 5.10 Å². The number of rotatable bonds is 8. The number of piperidine rings is 1. The van der Waals surface area contributed by atoms with Crippen molar-refractivity contribution in [2.24, 2.45) is 4.99 Å². The number of aryl methyl sites for hydroxylation is 1. The number of halogens is 1. The lowest BCUT2D eigenvalue weighted by atomic mass is 10.1. The lowest BCUT2D eigenvalue weighted by molar-refractivity contribution is 0.206. The normalized spacial score (nSPS) is 15.5. The second-order valence-electron chi connectivity index (χ2n) is 8.25. The summed E-state index contributed by atoms with van der Waals surface area (Å²) >= 11 is 0. The fraction of sp³-hybridized carbons (Fsp3) is 0.583. The van der Waals surface area contributed by atoms with Gasteiger partial charge in [0.05, 0.1) is 18.8 Å². The first-order valence-electron chi connectivity index (χ1n) is 11.4. The first-order valence-corrected chi connectivity index (χ1v) is 11.4. The van der Waals surface area contributed by atoms with E-state index in [1.807, 2.05) is 6.07 Å². The van der Waals surface area contributed by atoms with Crippen LogP contribution in [0.4, 0.5) is 0 Å². The number of aromatic nitrogens is 2. The Morgan fingerprint density at radius 2 is 1.84 bits per heavy atom. The van der Waals surface area contributed by atoms with Crippen LogP contribution in [-0.2, 0) is 13.1 Å². The molecule has 1 aromatic carbocycles. The molecule has 1 aliphatic rings. The molecule has 31 heavy (non-hydrogen) atoms. The van der Waals surface area contributed by atoms with Gasteiger partial charge in [0.1, 0.15) is 0 Å². The number of guanidine groups is 1. The molecule has 7 heteroatoms. The van der Waals surface area contributed by atoms with Crippen LogP contribution in [0.25, 0.3) is 0 Å². The summed E-state index contributed by atoms with van der Waals surface area (Å²) in [6.07, 6.45) is 3.59. The molecule has 1 fully saturated rings. The van der Waals surface area contributed by atoms with Crippen LogP contribution >= 0.6 is 24.0 Å². The first kappa shape index (κ1) is 25.6. The van der Waals surface area contributed by atoms with Gasteiger partial charge in [-0.05, 0) is 52.1 Å². The minimum Gasteiger partial charge on any atom is -0.357 e. The zero-order valence-electron chi connectivity index (χ0n) is 19.5. The summed E-state index contributed by atoms with van der Waals surface area (Å²) in [5, 5.41) is 11.9. The van der Waals surface area contributed by atoms with Crippen LogP contribution < -0.4 is 10.6 Å². The molecule has 0 bridgehead atoms. The van der Waals surface area contributed by atoms with Crippen LogP contribution in [0.2, 0.25) is 0 Å². The predicted octanol–water partition coefficient (Wildman–Crippen LogP) is 4.10. The number of nitrogens with zero attached hydrogens (tertiary/aromatic N) is 4. The van der Waals surface area contributed by atoms with Gasteiger partial charge < -0.3 is 15.5 Å². The van der Waals surface area contributed by atoms with Gasteiger partial charge in [0, 0.05) is 36.9 Å². The smallest absolute Gasteiger partial charge is 0.191 e. The third-order valence-electron chi connectivity index (χ3n) is 5.91. The van der Waals surface area contributed by atoms with Crippen LogP contribution in [0, 0.1) is 13.8 Å². The summed E-state index contributed by atoms with van der Waals surface area (Å²) in [4.78, 5) is 7.47. The lowest BCUT2D eigenvalue weighted by Crippen LogP contribution is -2.48. The number of hydrogen-bond acceptors (Lipinski definition) is 3. The number of benzene rings is 1. The van der Waals surface area contributed by atoms with E-state index in [0.717, 1.165) is 24.7 Å². The highest BCUT2D eigenvalue weighted by Crippen LogP contribution is 2.16. The van der Waals surface area contributed by atoms with Crippen molar-refractivity contribution in [3.63, 3.8) is 0 Å². The van der Waals surface area contributed by atoms with Gasteiger partial charge in [0.15, 0.2) is 5.96 Å². The average molecular weight is 539 g/mol. The van der Waals surface area contributed by atoms with Gasteiger partial charge in [-0.15, -0.1) is 24.0 Å². The van der Waals surface area contributed by atoms with Crippen LogP contribution in [0.3, 0.4) is 0 Å². The Labute approximate surface area is 204 Å². The number of hydrogen-bond donors (Lipinski definition) is 2. The van der Waals surface area contributed by atoms with Crippen molar-refractivity contribution in [1.29, 1.82) is 0 Å². The molecule has 0 atom stereocenters. The Hall–Kier alpha value is -1.61. The van der Waals surface area contributed by atoms with Crippen molar-refractivity contribution in [3.05, 3.63) is 52.8 Å². The molecule has 1 saturated heterocycles. The standard InChI is InChI=1S/C24H38N6.HI/c1-5-14-29-15-12-22(13-16-29)27-24(25-6-2)26-17-23-19(3)28-30(20(23)4)18-21-10-8-7-9-11-21;/h7-11,22H,5-6,12-18H2,1-4H3,(H2,25,26,27);1H. The van der Waals surface area contributed by atoms with Crippen molar-refractivity contribution < 1.29 is 0 Å². The molecule has 2 heterocycles. The Morgan fingerprint density at radius 1 is 1.13 bits per heavy atom. The number of likely N-dealkylation sites (tertiary alicyclic amines) is 1. The maximum Gasteiger partial charge on any atom is 0.191 e. The third kappa shape index (κ3) is 7.49. The highest BCUT2D eigenvalue weighted by Gasteiger charge is 2.19. The maximum atomic E-state index is 4.90. The molecule has 0 aliphatic carbocycles. The van der Waals surface area contributed by atoms with Gasteiger partial charge in [-0.25, -0.2) is 4.99 Å². The van der Waals surface area contributed by atoms with E-state index >= 15 is 0 Å². The van der Waals surface area contributed by atoms with E-state index in [2.05, 4.69) is 72.2 Å². The second kappa shape index (κ2) is 13.1. The largest absolute Gasteiger partial charge is 0.357 e. The number of aliphatic imine (C=N–C) groups is 1. The molecule has 0 saturated carbocycles. The molecule has 2 aromatic rings. The summed E-state index contributed by atoms with van der Waals surface area (Å²) in [6, 6.07) is 11.0. The lowest BCUT2D eigenvalue weighted by Gasteiger charge is -2.32. The monoisotopic (exact) mass is 538 g/mol. The second-order valence-corrected chi connectivity index (χ2v) is 8.25. The summed E-state index contributed by atoms with van der Waals surface area (Å²) in [5.74, 6) is 0.918. The molecule has 1 aliphatic heterocycles. The van der Waals surface area contributed by atoms with Crippen LogP contribution in [0.1, 0.15) is 55.6 Å². The Kier molecular flexibility index (Phi) is 10.8. The minimum atomic E-state index is 0. The molecule has 6 nitrogen and oxygen atoms in total. The van der Waals surface area contributed by atoms with Gasteiger partial charge in [0.25, 0.3) is 0 Å². The van der Waals surface area contributed by atoms with Crippen molar-refractivity contribution in [2.45, 2.75) is 66.1 Å². The molecule has 0 amide bonds. The molecule has 0 radical (unpaired) electrons. The Morgan fingerprint density at radius 3 is 2.48 bits per heavy atom. The van der Waals surface area contributed by atoms with Gasteiger partial charge in [-0.3, -0.25) is 4.68 Å². The average Bonchev–Trinajstić information content (AvgIpc) is 3.01. The van der Waals surface area contributed by atoms with Crippen LogP contribution in [0.5, 0.6) is 0 Å². The van der Waals surface area contributed by atoms with Crippen molar-refractivity contribution >= 4 is 29.9 Å². The van der Waals surface area contributed by atoms with E-state index < -0.39 is 0 Å². The molecule has 0 spiro atoms. The Balaban J connectivity index is 0.00000341. The fourth-order valence-corrected chi connectivity index (χ4v) is 4.16. The van der Waals surface area contributed by atoms with E-state index in [0.29, 0.717) is 12.6 Å². The van der Waals surface area contributed by atoms with Crippen molar-refractivity contribution in [1.82, 2.24) is 25.3 Å². The molecule has 3 rings (SSSR count). The van der Waals surface area contributed by atoms with E-state index in [1.165, 1.54) is 55.7 Å². The van der Waals surface area contributed by atoms with E-state index in [4.69, 9.17) is 10.1 Å². The van der Waals surface area contributed by atoms with Gasteiger partial charge in [0.2, 0.25) is 0 Å². The van der Waals surface area contributed by atoms with E-state index in [9.17, 15) is 0 Å². The van der Waals surface area contributed by atoms with Gasteiger partial charge >= 0.3 is 0 Å². The molecular formula is C24H39IN6. The van der Waals surface area contributed by atoms with Crippen LogP contribution in [0.15, 0.2) is 35.3 Å². The fourth-order valence-electron chi connectivity index (χ4n) is 4.16. The highest BCUT2D eigenvalue weighted by molar-refractivity contribution is 14.0. The molecule has 2 N–H and O–H groups in total. The maximum absolute atomic E-state index is 4.90.